The van der Waals surface area contributed by atoms with Crippen LogP contribution in [0.3, 0.4) is 0 Å². The largest absolute Gasteiger partial charge is 0.481 e. The maximum Gasteiger partial charge on any atom is 0.311 e. The third-order valence-corrected chi connectivity index (χ3v) is 2.98. The van der Waals surface area contributed by atoms with Gasteiger partial charge in [0.2, 0.25) is 0 Å². The molecule has 5 heteroatoms. The summed E-state index contributed by atoms with van der Waals surface area (Å²) in [6, 6.07) is 4.16. The minimum absolute atomic E-state index is 0.388. The quantitative estimate of drug-likeness (QED) is 0.856. The van der Waals surface area contributed by atoms with Gasteiger partial charge in [-0.15, -0.1) is 0 Å². The van der Waals surface area contributed by atoms with E-state index in [-0.39, 0.29) is 0 Å². The van der Waals surface area contributed by atoms with Gasteiger partial charge in [-0.05, 0) is 35.3 Å². The first kappa shape index (κ1) is 12.3. The van der Waals surface area contributed by atoms with Crippen molar-refractivity contribution in [3.05, 3.63) is 41.2 Å². The summed E-state index contributed by atoms with van der Waals surface area (Å²) in [5.74, 6) is -3.99. The monoisotopic (exact) mass is 250 g/mol. The lowest BCUT2D eigenvalue weighted by atomic mass is 9.91. The fraction of sp³-hybridized carbons (Fsp3) is 0.231. The van der Waals surface area contributed by atoms with E-state index in [2.05, 4.69) is 0 Å². The van der Waals surface area contributed by atoms with Crippen LogP contribution in [0, 0.1) is 11.7 Å². The molecule has 2 N–H and O–H groups in total. The number of hydrogen-bond donors (Lipinski definition) is 2. The third-order valence-electron chi connectivity index (χ3n) is 2.98. The van der Waals surface area contributed by atoms with Gasteiger partial charge in [0.15, 0.2) is 0 Å². The molecule has 0 bridgehead atoms. The van der Waals surface area contributed by atoms with Crippen LogP contribution in [0.1, 0.15) is 17.5 Å². The summed E-state index contributed by atoms with van der Waals surface area (Å²) >= 11 is 0. The number of rotatable bonds is 4. The van der Waals surface area contributed by atoms with Gasteiger partial charge in [0.25, 0.3) is 0 Å². The number of carbonyl (C=O) groups is 2. The van der Waals surface area contributed by atoms with Crippen LogP contribution in [0.15, 0.2) is 24.3 Å². The summed E-state index contributed by atoms with van der Waals surface area (Å²) in [4.78, 5) is 21.8. The molecule has 1 atom stereocenters. The minimum atomic E-state index is -1.21. The molecule has 0 spiro atoms. The fourth-order valence-electron chi connectivity index (χ4n) is 2.16. The van der Waals surface area contributed by atoms with Crippen LogP contribution in [0.5, 0.6) is 0 Å². The molecule has 0 heterocycles. The molecule has 94 valence electrons. The zero-order valence-electron chi connectivity index (χ0n) is 9.39. The van der Waals surface area contributed by atoms with E-state index in [1.165, 1.54) is 12.1 Å². The summed E-state index contributed by atoms with van der Waals surface area (Å²) in [5.41, 5.74) is 1.71. The lowest BCUT2D eigenvalue weighted by Crippen LogP contribution is -2.19. The predicted octanol–water partition coefficient (Wildman–Crippen LogP) is 1.94. The van der Waals surface area contributed by atoms with E-state index < -0.39 is 30.1 Å². The van der Waals surface area contributed by atoms with Gasteiger partial charge >= 0.3 is 11.9 Å². The normalized spacial score (nSPS) is 14.8. The molecule has 0 fully saturated rings. The van der Waals surface area contributed by atoms with Gasteiger partial charge in [-0.3, -0.25) is 9.59 Å². The highest BCUT2D eigenvalue weighted by molar-refractivity contribution is 5.93. The molecule has 1 aromatic rings. The van der Waals surface area contributed by atoms with E-state index in [0.29, 0.717) is 17.6 Å². The van der Waals surface area contributed by atoms with Crippen LogP contribution in [-0.4, -0.2) is 22.2 Å². The average molecular weight is 250 g/mol. The highest BCUT2D eigenvalue weighted by atomic mass is 19.1. The summed E-state index contributed by atoms with van der Waals surface area (Å²) in [7, 11) is 0. The van der Waals surface area contributed by atoms with Crippen molar-refractivity contribution in [2.24, 2.45) is 5.92 Å². The van der Waals surface area contributed by atoms with Crippen molar-refractivity contribution < 1.29 is 24.2 Å². The molecule has 0 radical (unpaired) electrons. The fourth-order valence-corrected chi connectivity index (χ4v) is 2.16. The zero-order chi connectivity index (χ0) is 13.3. The molecule has 1 aliphatic carbocycles. The van der Waals surface area contributed by atoms with E-state index in [4.69, 9.17) is 10.2 Å². The Morgan fingerprint density at radius 1 is 1.33 bits per heavy atom. The van der Waals surface area contributed by atoms with Crippen molar-refractivity contribution in [3.63, 3.8) is 0 Å². The van der Waals surface area contributed by atoms with Crippen LogP contribution < -0.4 is 0 Å². The summed E-state index contributed by atoms with van der Waals surface area (Å²) < 4.78 is 13.2. The number of aliphatic carboxylic acids is 2. The lowest BCUT2D eigenvalue weighted by molar-refractivity contribution is -0.146. The number of benzene rings is 1. The van der Waals surface area contributed by atoms with Gasteiger partial charge < -0.3 is 10.2 Å². The van der Waals surface area contributed by atoms with Crippen molar-refractivity contribution in [1.82, 2.24) is 0 Å². The van der Waals surface area contributed by atoms with Crippen molar-refractivity contribution in [1.29, 1.82) is 0 Å². The zero-order valence-corrected chi connectivity index (χ0v) is 9.39. The molecule has 0 saturated heterocycles. The molecular formula is C13H11FO4. The Kier molecular flexibility index (Phi) is 3.14. The standard InChI is InChI=1S/C13H11FO4/c14-8-3-1-7-2-4-9(10(7)5-8)11(13(17)18)6-12(15)16/h1,3-5,11H,2,6H2,(H,15,16)(H,17,18). The van der Waals surface area contributed by atoms with Gasteiger partial charge in [-0.2, -0.15) is 0 Å². The Hall–Kier alpha value is -2.17. The molecule has 2 rings (SSSR count). The van der Waals surface area contributed by atoms with E-state index in [9.17, 15) is 14.0 Å². The Morgan fingerprint density at radius 2 is 2.06 bits per heavy atom. The number of halogens is 1. The van der Waals surface area contributed by atoms with E-state index in [1.807, 2.05) is 0 Å². The molecule has 0 saturated carbocycles. The Bertz CT molecular complexity index is 548. The van der Waals surface area contributed by atoms with E-state index >= 15 is 0 Å². The highest BCUT2D eigenvalue weighted by Crippen LogP contribution is 2.35. The summed E-state index contributed by atoms with van der Waals surface area (Å²) in [6.45, 7) is 0. The van der Waals surface area contributed by atoms with E-state index in [0.717, 1.165) is 5.56 Å². The minimum Gasteiger partial charge on any atom is -0.481 e. The molecule has 1 aromatic carbocycles. The van der Waals surface area contributed by atoms with Gasteiger partial charge in [0, 0.05) is 0 Å². The summed E-state index contributed by atoms with van der Waals surface area (Å²) in [5, 5.41) is 17.8. The Morgan fingerprint density at radius 3 is 2.67 bits per heavy atom. The molecule has 0 amide bonds. The Labute approximate surface area is 102 Å². The third kappa shape index (κ3) is 2.25. The molecule has 1 aliphatic rings. The second kappa shape index (κ2) is 4.60. The predicted molar refractivity (Wildman–Crippen MR) is 61.5 cm³/mol. The smallest absolute Gasteiger partial charge is 0.311 e. The maximum atomic E-state index is 13.2. The number of fused-ring (bicyclic) bond motifs is 1. The van der Waals surface area contributed by atoms with Crippen molar-refractivity contribution >= 4 is 17.5 Å². The van der Waals surface area contributed by atoms with Crippen LogP contribution >= 0.6 is 0 Å². The number of hydrogen-bond acceptors (Lipinski definition) is 2. The molecule has 4 nitrogen and oxygen atoms in total. The number of carboxylic acid groups (broad SMARTS) is 2. The number of allylic oxidation sites excluding steroid dienone is 1. The topological polar surface area (TPSA) is 74.6 Å². The molecule has 1 unspecified atom stereocenters. The van der Waals surface area contributed by atoms with Crippen molar-refractivity contribution in [2.45, 2.75) is 12.8 Å². The first-order chi connectivity index (χ1) is 8.49. The van der Waals surface area contributed by atoms with Crippen LogP contribution in [0.2, 0.25) is 0 Å². The van der Waals surface area contributed by atoms with Gasteiger partial charge in [0.05, 0.1) is 12.3 Å². The van der Waals surface area contributed by atoms with Gasteiger partial charge in [-0.25, -0.2) is 4.39 Å². The molecule has 0 aliphatic heterocycles. The number of carboxylic acids is 2. The highest BCUT2D eigenvalue weighted by Gasteiger charge is 2.29. The second-order valence-electron chi connectivity index (χ2n) is 4.15. The Balaban J connectivity index is 2.38. The average Bonchev–Trinajstić information content (AvgIpc) is 2.68. The lowest BCUT2D eigenvalue weighted by Gasteiger charge is -2.13. The molecule has 0 aromatic heterocycles. The first-order valence-corrected chi connectivity index (χ1v) is 5.42. The van der Waals surface area contributed by atoms with Crippen molar-refractivity contribution in [2.75, 3.05) is 0 Å². The second-order valence-corrected chi connectivity index (χ2v) is 4.15. The molecular weight excluding hydrogens is 239 g/mol. The van der Waals surface area contributed by atoms with Crippen LogP contribution in [0.4, 0.5) is 4.39 Å². The van der Waals surface area contributed by atoms with E-state index in [1.54, 1.807) is 12.1 Å². The van der Waals surface area contributed by atoms with Crippen LogP contribution in [-0.2, 0) is 16.0 Å². The first-order valence-electron chi connectivity index (χ1n) is 5.42. The van der Waals surface area contributed by atoms with Crippen molar-refractivity contribution in [3.8, 4) is 0 Å². The molecule has 18 heavy (non-hydrogen) atoms. The SMILES string of the molecule is O=C(O)CC(C(=O)O)C1=CCc2ccc(F)cc21. The van der Waals surface area contributed by atoms with Gasteiger partial charge in [-0.1, -0.05) is 12.1 Å². The van der Waals surface area contributed by atoms with Gasteiger partial charge in [0.1, 0.15) is 5.82 Å². The summed E-state index contributed by atoms with van der Waals surface area (Å²) in [6.07, 6.45) is 1.66. The maximum absolute atomic E-state index is 13.2. The van der Waals surface area contributed by atoms with Crippen LogP contribution in [0.25, 0.3) is 5.57 Å².